The molecule has 0 aliphatic rings. The van der Waals surface area contributed by atoms with Gasteiger partial charge in [-0.1, -0.05) is 0 Å². The molecule has 0 aromatic carbocycles. The molecule has 1 unspecified atom stereocenters. The van der Waals surface area contributed by atoms with Crippen LogP contribution in [0.25, 0.3) is 0 Å². The fourth-order valence-electron chi connectivity index (χ4n) is 1.35. The number of hydrazine groups is 1. The molecular weight excluding hydrogens is 232 g/mol. The van der Waals surface area contributed by atoms with Crippen molar-refractivity contribution in [1.82, 2.24) is 20.4 Å². The largest absolute Gasteiger partial charge is 0.348 e. The number of rotatable bonds is 6. The first-order valence-electron chi connectivity index (χ1n) is 5.79. The number of aromatic nitrogens is 2. The van der Waals surface area contributed by atoms with Crippen LogP contribution in [0.3, 0.4) is 0 Å². The van der Waals surface area contributed by atoms with Crippen molar-refractivity contribution in [3.63, 3.8) is 0 Å². The van der Waals surface area contributed by atoms with Crippen LogP contribution in [0.2, 0.25) is 0 Å². The van der Waals surface area contributed by atoms with Crippen LogP contribution in [0.1, 0.15) is 23.8 Å². The summed E-state index contributed by atoms with van der Waals surface area (Å²) in [5, 5.41) is 10.4. The highest BCUT2D eigenvalue weighted by Crippen LogP contribution is 2.01. The average Bonchev–Trinajstić information content (AvgIpc) is 2.36. The molecule has 1 atom stereocenters. The van der Waals surface area contributed by atoms with Gasteiger partial charge in [0.25, 0.3) is 5.91 Å². The number of hydrogen-bond acceptors (Lipinski definition) is 6. The van der Waals surface area contributed by atoms with E-state index in [1.165, 1.54) is 0 Å². The Morgan fingerprint density at radius 3 is 2.67 bits per heavy atom. The van der Waals surface area contributed by atoms with Gasteiger partial charge in [-0.25, -0.2) is 5.84 Å². The lowest BCUT2D eigenvalue weighted by atomic mass is 10.2. The molecule has 0 bridgehead atoms. The van der Waals surface area contributed by atoms with E-state index in [0.717, 1.165) is 13.0 Å². The van der Waals surface area contributed by atoms with Crippen LogP contribution in [0.4, 0.5) is 5.82 Å². The first-order chi connectivity index (χ1) is 8.52. The van der Waals surface area contributed by atoms with Gasteiger partial charge in [0.05, 0.1) is 0 Å². The second-order valence-electron chi connectivity index (χ2n) is 4.41. The summed E-state index contributed by atoms with van der Waals surface area (Å²) in [6.07, 6.45) is 0.884. The lowest BCUT2D eigenvalue weighted by molar-refractivity contribution is 0.0930. The molecule has 0 saturated carbocycles. The van der Waals surface area contributed by atoms with Crippen LogP contribution in [-0.2, 0) is 0 Å². The topological polar surface area (TPSA) is 96.2 Å². The van der Waals surface area contributed by atoms with E-state index in [9.17, 15) is 4.79 Å². The SMILES string of the molecule is CC(CCN(C)C)NC(=O)c1ccc(NN)nn1. The summed E-state index contributed by atoms with van der Waals surface area (Å²) in [6.45, 7) is 2.88. The molecule has 1 rings (SSSR count). The molecule has 100 valence electrons. The fourth-order valence-corrected chi connectivity index (χ4v) is 1.35. The molecule has 0 aliphatic heterocycles. The maximum absolute atomic E-state index is 11.8. The quantitative estimate of drug-likeness (QED) is 0.480. The molecule has 0 spiro atoms. The highest BCUT2D eigenvalue weighted by atomic mass is 16.2. The zero-order valence-electron chi connectivity index (χ0n) is 11.0. The molecule has 4 N–H and O–H groups in total. The highest BCUT2D eigenvalue weighted by Gasteiger charge is 2.11. The molecule has 0 aliphatic carbocycles. The number of amides is 1. The minimum absolute atomic E-state index is 0.0917. The Hall–Kier alpha value is -1.73. The molecule has 0 saturated heterocycles. The van der Waals surface area contributed by atoms with E-state index in [1.807, 2.05) is 21.0 Å². The lowest BCUT2D eigenvalue weighted by Gasteiger charge is -2.16. The number of nitrogens with one attached hydrogen (secondary N) is 2. The number of carbonyl (C=O) groups is 1. The summed E-state index contributed by atoms with van der Waals surface area (Å²) in [5.74, 6) is 5.37. The van der Waals surface area contributed by atoms with Crippen molar-refractivity contribution in [3.05, 3.63) is 17.8 Å². The Morgan fingerprint density at radius 2 is 2.17 bits per heavy atom. The van der Waals surface area contributed by atoms with Crippen LogP contribution < -0.4 is 16.6 Å². The Bertz CT molecular complexity index is 378. The predicted octanol–water partition coefficient (Wildman–Crippen LogP) is -0.168. The Morgan fingerprint density at radius 1 is 1.44 bits per heavy atom. The smallest absolute Gasteiger partial charge is 0.272 e. The molecule has 1 aromatic rings. The van der Waals surface area contributed by atoms with E-state index in [-0.39, 0.29) is 17.6 Å². The van der Waals surface area contributed by atoms with Gasteiger partial charge in [-0.3, -0.25) is 4.79 Å². The van der Waals surface area contributed by atoms with Gasteiger partial charge in [0.15, 0.2) is 11.5 Å². The van der Waals surface area contributed by atoms with Crippen molar-refractivity contribution in [2.24, 2.45) is 5.84 Å². The van der Waals surface area contributed by atoms with E-state index >= 15 is 0 Å². The molecule has 0 radical (unpaired) electrons. The molecule has 1 heterocycles. The van der Waals surface area contributed by atoms with Gasteiger partial charge in [0, 0.05) is 6.04 Å². The van der Waals surface area contributed by atoms with Crippen LogP contribution >= 0.6 is 0 Å². The first-order valence-corrected chi connectivity index (χ1v) is 5.79. The molecule has 7 nitrogen and oxygen atoms in total. The van der Waals surface area contributed by atoms with Gasteiger partial charge in [-0.2, -0.15) is 0 Å². The monoisotopic (exact) mass is 252 g/mol. The summed E-state index contributed by atoms with van der Waals surface area (Å²) in [7, 11) is 4.00. The van der Waals surface area contributed by atoms with Gasteiger partial charge in [0.2, 0.25) is 0 Å². The van der Waals surface area contributed by atoms with Crippen molar-refractivity contribution in [3.8, 4) is 0 Å². The Balaban J connectivity index is 2.48. The maximum Gasteiger partial charge on any atom is 0.272 e. The van der Waals surface area contributed by atoms with Crippen molar-refractivity contribution in [2.45, 2.75) is 19.4 Å². The summed E-state index contributed by atoms with van der Waals surface area (Å²) < 4.78 is 0. The van der Waals surface area contributed by atoms with Crippen LogP contribution in [0, 0.1) is 0 Å². The van der Waals surface area contributed by atoms with Gasteiger partial charge in [-0.05, 0) is 46.1 Å². The zero-order chi connectivity index (χ0) is 13.5. The number of anilines is 1. The van der Waals surface area contributed by atoms with E-state index < -0.39 is 0 Å². The summed E-state index contributed by atoms with van der Waals surface area (Å²) >= 11 is 0. The van der Waals surface area contributed by atoms with Crippen molar-refractivity contribution in [1.29, 1.82) is 0 Å². The third-order valence-corrected chi connectivity index (χ3v) is 2.43. The number of hydrogen-bond donors (Lipinski definition) is 3. The molecule has 1 amide bonds. The highest BCUT2D eigenvalue weighted by molar-refractivity contribution is 5.92. The van der Waals surface area contributed by atoms with Crippen LogP contribution in [0.15, 0.2) is 12.1 Å². The minimum Gasteiger partial charge on any atom is -0.348 e. The van der Waals surface area contributed by atoms with Gasteiger partial charge < -0.3 is 15.6 Å². The number of carbonyl (C=O) groups excluding carboxylic acids is 1. The van der Waals surface area contributed by atoms with Crippen LogP contribution in [-0.4, -0.2) is 47.7 Å². The number of nitrogen functional groups attached to an aromatic ring is 1. The normalized spacial score (nSPS) is 12.3. The Labute approximate surface area is 107 Å². The average molecular weight is 252 g/mol. The van der Waals surface area contributed by atoms with Crippen molar-refractivity contribution in [2.75, 3.05) is 26.1 Å². The standard InChI is InChI=1S/C11H20N6O/c1-8(6-7-17(2)3)13-11(18)9-4-5-10(14-12)16-15-9/h4-5,8H,6-7,12H2,1-3H3,(H,13,18)(H,14,16). The number of nitrogens with two attached hydrogens (primary N) is 1. The maximum atomic E-state index is 11.8. The zero-order valence-corrected chi connectivity index (χ0v) is 11.0. The van der Waals surface area contributed by atoms with Crippen LogP contribution in [0.5, 0.6) is 0 Å². The van der Waals surface area contributed by atoms with Gasteiger partial charge >= 0.3 is 0 Å². The third kappa shape index (κ3) is 4.64. The van der Waals surface area contributed by atoms with Crippen molar-refractivity contribution >= 4 is 11.7 Å². The van der Waals surface area contributed by atoms with Gasteiger partial charge in [0.1, 0.15) is 0 Å². The number of nitrogens with zero attached hydrogens (tertiary/aromatic N) is 3. The summed E-state index contributed by atoms with van der Waals surface area (Å²) in [6, 6.07) is 3.27. The van der Waals surface area contributed by atoms with E-state index in [1.54, 1.807) is 12.1 Å². The summed E-state index contributed by atoms with van der Waals surface area (Å²) in [5.41, 5.74) is 2.64. The second-order valence-corrected chi connectivity index (χ2v) is 4.41. The van der Waals surface area contributed by atoms with Crippen molar-refractivity contribution < 1.29 is 4.79 Å². The third-order valence-electron chi connectivity index (χ3n) is 2.43. The van der Waals surface area contributed by atoms with E-state index in [2.05, 4.69) is 25.8 Å². The molecular formula is C11H20N6O. The molecule has 1 aromatic heterocycles. The molecule has 18 heavy (non-hydrogen) atoms. The second kappa shape index (κ2) is 6.87. The molecule has 0 fully saturated rings. The Kier molecular flexibility index (Phi) is 5.47. The summed E-state index contributed by atoms with van der Waals surface area (Å²) in [4.78, 5) is 13.9. The van der Waals surface area contributed by atoms with E-state index in [0.29, 0.717) is 5.82 Å². The van der Waals surface area contributed by atoms with E-state index in [4.69, 9.17) is 5.84 Å². The lowest BCUT2D eigenvalue weighted by Crippen LogP contribution is -2.35. The fraction of sp³-hybridized carbons (Fsp3) is 0.545. The molecule has 7 heteroatoms. The minimum atomic E-state index is -0.225. The van der Waals surface area contributed by atoms with Gasteiger partial charge in [-0.15, -0.1) is 10.2 Å². The first kappa shape index (κ1) is 14.3. The predicted molar refractivity (Wildman–Crippen MR) is 69.9 cm³/mol.